The van der Waals surface area contributed by atoms with E-state index >= 15 is 0 Å². The maximum atomic E-state index is 13.8. The summed E-state index contributed by atoms with van der Waals surface area (Å²) in [6.45, 7) is 4.23. The van der Waals surface area contributed by atoms with E-state index in [4.69, 9.17) is 0 Å². The predicted octanol–water partition coefficient (Wildman–Crippen LogP) is 2.17. The molecule has 1 saturated heterocycles. The second kappa shape index (κ2) is 9.12. The third-order valence-electron chi connectivity index (χ3n) is 5.11. The molecule has 1 aromatic rings. The zero-order valence-electron chi connectivity index (χ0n) is 15.3. The molecule has 26 heavy (non-hydrogen) atoms. The summed E-state index contributed by atoms with van der Waals surface area (Å²) in [6.07, 6.45) is 4.06. The number of carbonyl (C=O) groups excluding carboxylic acids is 2. The number of halogens is 1. The normalized spacial score (nSPS) is 18.4. The Kier molecular flexibility index (Phi) is 6.61. The van der Waals surface area contributed by atoms with Crippen molar-refractivity contribution < 1.29 is 14.0 Å². The lowest BCUT2D eigenvalue weighted by molar-refractivity contribution is -0.131. The van der Waals surface area contributed by atoms with Gasteiger partial charge in [0.25, 0.3) is 0 Å². The van der Waals surface area contributed by atoms with Crippen molar-refractivity contribution in [1.82, 2.24) is 15.1 Å². The van der Waals surface area contributed by atoms with Crippen LogP contribution >= 0.6 is 0 Å². The fourth-order valence-corrected chi connectivity index (χ4v) is 3.35. The first-order valence-corrected chi connectivity index (χ1v) is 9.65. The van der Waals surface area contributed by atoms with Crippen molar-refractivity contribution in [3.05, 3.63) is 35.6 Å². The topological polar surface area (TPSA) is 52.7 Å². The van der Waals surface area contributed by atoms with Gasteiger partial charge in [-0.25, -0.2) is 4.39 Å². The standard InChI is InChI=1S/C20H28FN3O2/c21-18-6-2-1-5-17(18)15-23-11-4-12-24(14-13-23)19(25)7-3-10-22-20(26)16-8-9-16/h1-2,5-6,16H,3-4,7-15H2,(H,22,26). The van der Waals surface area contributed by atoms with Gasteiger partial charge in [-0.3, -0.25) is 14.5 Å². The first-order valence-electron chi connectivity index (χ1n) is 9.65. The summed E-state index contributed by atoms with van der Waals surface area (Å²) in [5.41, 5.74) is 0.707. The molecule has 1 aliphatic carbocycles. The lowest BCUT2D eigenvalue weighted by Crippen LogP contribution is -2.35. The molecule has 3 rings (SSSR count). The van der Waals surface area contributed by atoms with Gasteiger partial charge in [0.05, 0.1) is 0 Å². The molecule has 0 radical (unpaired) electrons. The molecule has 1 heterocycles. The Hall–Kier alpha value is -1.95. The first-order chi connectivity index (χ1) is 12.6. The number of amides is 2. The minimum atomic E-state index is -0.169. The molecule has 6 heteroatoms. The summed E-state index contributed by atoms with van der Waals surface area (Å²) < 4.78 is 13.8. The van der Waals surface area contributed by atoms with Crippen molar-refractivity contribution >= 4 is 11.8 Å². The Morgan fingerprint density at radius 1 is 1.12 bits per heavy atom. The van der Waals surface area contributed by atoms with E-state index in [-0.39, 0.29) is 23.5 Å². The number of benzene rings is 1. The van der Waals surface area contributed by atoms with Crippen LogP contribution in [0.25, 0.3) is 0 Å². The smallest absolute Gasteiger partial charge is 0.223 e. The molecule has 1 N–H and O–H groups in total. The van der Waals surface area contributed by atoms with E-state index in [2.05, 4.69) is 10.2 Å². The summed E-state index contributed by atoms with van der Waals surface area (Å²) in [5.74, 6) is 0.337. The van der Waals surface area contributed by atoms with Gasteiger partial charge in [0.15, 0.2) is 0 Å². The maximum Gasteiger partial charge on any atom is 0.223 e. The van der Waals surface area contributed by atoms with Crippen LogP contribution in [-0.4, -0.2) is 54.3 Å². The van der Waals surface area contributed by atoms with Crippen molar-refractivity contribution in [2.24, 2.45) is 5.92 Å². The highest BCUT2D eigenvalue weighted by Gasteiger charge is 2.29. The third kappa shape index (κ3) is 5.53. The molecule has 1 aliphatic heterocycles. The van der Waals surface area contributed by atoms with Crippen LogP contribution < -0.4 is 5.32 Å². The summed E-state index contributed by atoms with van der Waals surface area (Å²) in [6, 6.07) is 6.87. The summed E-state index contributed by atoms with van der Waals surface area (Å²) in [5, 5.41) is 2.90. The maximum absolute atomic E-state index is 13.8. The molecule has 0 spiro atoms. The monoisotopic (exact) mass is 361 g/mol. The van der Waals surface area contributed by atoms with Gasteiger partial charge in [-0.1, -0.05) is 18.2 Å². The molecule has 2 aliphatic rings. The molecule has 0 aromatic heterocycles. The van der Waals surface area contributed by atoms with Crippen molar-refractivity contribution in [3.63, 3.8) is 0 Å². The van der Waals surface area contributed by atoms with Crippen LogP contribution in [0.5, 0.6) is 0 Å². The summed E-state index contributed by atoms with van der Waals surface area (Å²) in [4.78, 5) is 28.1. The zero-order valence-corrected chi connectivity index (χ0v) is 15.3. The fourth-order valence-electron chi connectivity index (χ4n) is 3.35. The van der Waals surface area contributed by atoms with Gasteiger partial charge in [-0.2, -0.15) is 0 Å². The molecular weight excluding hydrogens is 333 g/mol. The molecule has 5 nitrogen and oxygen atoms in total. The number of hydrogen-bond acceptors (Lipinski definition) is 3. The second-order valence-corrected chi connectivity index (χ2v) is 7.27. The van der Waals surface area contributed by atoms with Crippen molar-refractivity contribution in [2.75, 3.05) is 32.7 Å². The quantitative estimate of drug-likeness (QED) is 0.758. The molecule has 2 fully saturated rings. The van der Waals surface area contributed by atoms with E-state index < -0.39 is 0 Å². The fraction of sp³-hybridized carbons (Fsp3) is 0.600. The van der Waals surface area contributed by atoms with Crippen LogP contribution in [0.15, 0.2) is 24.3 Å². The molecule has 1 saturated carbocycles. The highest BCUT2D eigenvalue weighted by atomic mass is 19.1. The molecule has 0 bridgehead atoms. The lowest BCUT2D eigenvalue weighted by Gasteiger charge is -2.22. The van der Waals surface area contributed by atoms with Crippen molar-refractivity contribution in [1.29, 1.82) is 0 Å². The second-order valence-electron chi connectivity index (χ2n) is 7.27. The minimum absolute atomic E-state index is 0.135. The van der Waals surface area contributed by atoms with Gasteiger partial charge in [-0.15, -0.1) is 0 Å². The molecule has 1 aromatic carbocycles. The van der Waals surface area contributed by atoms with E-state index in [1.165, 1.54) is 6.07 Å². The van der Waals surface area contributed by atoms with Crippen LogP contribution in [-0.2, 0) is 16.1 Å². The summed E-state index contributed by atoms with van der Waals surface area (Å²) in [7, 11) is 0. The minimum Gasteiger partial charge on any atom is -0.356 e. The van der Waals surface area contributed by atoms with E-state index in [9.17, 15) is 14.0 Å². The molecule has 0 unspecified atom stereocenters. The SMILES string of the molecule is O=C(NCCCC(=O)N1CCCN(Cc2ccccc2F)CC1)C1CC1. The van der Waals surface area contributed by atoms with Gasteiger partial charge in [0.1, 0.15) is 5.82 Å². The largest absolute Gasteiger partial charge is 0.356 e. The van der Waals surface area contributed by atoms with E-state index in [0.717, 1.165) is 38.9 Å². The van der Waals surface area contributed by atoms with Gasteiger partial charge in [-0.05, 0) is 31.7 Å². The Labute approximate surface area is 154 Å². The highest BCUT2D eigenvalue weighted by molar-refractivity contribution is 5.81. The number of rotatable bonds is 7. The van der Waals surface area contributed by atoms with Gasteiger partial charge in [0, 0.05) is 57.2 Å². The molecular formula is C20H28FN3O2. The molecule has 142 valence electrons. The summed E-state index contributed by atoms with van der Waals surface area (Å²) >= 11 is 0. The van der Waals surface area contributed by atoms with Crippen molar-refractivity contribution in [3.8, 4) is 0 Å². The third-order valence-corrected chi connectivity index (χ3v) is 5.11. The average Bonchev–Trinajstić information content (AvgIpc) is 3.48. The first kappa shape index (κ1) is 18.8. The number of nitrogens with one attached hydrogen (secondary N) is 1. The van der Waals surface area contributed by atoms with Crippen molar-refractivity contribution in [2.45, 2.75) is 38.6 Å². The van der Waals surface area contributed by atoms with Gasteiger partial charge >= 0.3 is 0 Å². The van der Waals surface area contributed by atoms with Crippen LogP contribution in [0, 0.1) is 11.7 Å². The van der Waals surface area contributed by atoms with E-state index in [1.54, 1.807) is 6.07 Å². The lowest BCUT2D eigenvalue weighted by atomic mass is 10.2. The Morgan fingerprint density at radius 2 is 1.92 bits per heavy atom. The Morgan fingerprint density at radius 3 is 2.69 bits per heavy atom. The number of hydrogen-bond donors (Lipinski definition) is 1. The Bertz CT molecular complexity index is 633. The average molecular weight is 361 g/mol. The van der Waals surface area contributed by atoms with Crippen LogP contribution in [0.2, 0.25) is 0 Å². The van der Waals surface area contributed by atoms with Gasteiger partial charge < -0.3 is 10.2 Å². The number of carbonyl (C=O) groups is 2. The molecule has 0 atom stereocenters. The van der Waals surface area contributed by atoms with Gasteiger partial charge in [0.2, 0.25) is 11.8 Å². The van der Waals surface area contributed by atoms with Crippen LogP contribution in [0.3, 0.4) is 0 Å². The zero-order chi connectivity index (χ0) is 18.4. The van der Waals surface area contributed by atoms with Crippen LogP contribution in [0.4, 0.5) is 4.39 Å². The molecule has 2 amide bonds. The van der Waals surface area contributed by atoms with E-state index in [0.29, 0.717) is 38.0 Å². The Balaban J connectivity index is 1.37. The van der Waals surface area contributed by atoms with Crippen LogP contribution in [0.1, 0.15) is 37.7 Å². The number of nitrogens with zero attached hydrogens (tertiary/aromatic N) is 2. The highest BCUT2D eigenvalue weighted by Crippen LogP contribution is 2.28. The predicted molar refractivity (Wildman–Crippen MR) is 97.8 cm³/mol. The van der Waals surface area contributed by atoms with E-state index in [1.807, 2.05) is 17.0 Å².